The van der Waals surface area contributed by atoms with Gasteiger partial charge in [0.1, 0.15) is 17.5 Å². The van der Waals surface area contributed by atoms with Crippen molar-refractivity contribution in [2.24, 2.45) is 0 Å². The molecule has 0 bridgehead atoms. The number of nitrogens with one attached hydrogen (secondary N) is 1. The van der Waals surface area contributed by atoms with Gasteiger partial charge < -0.3 is 15.0 Å². The number of rotatable bonds is 5. The van der Waals surface area contributed by atoms with Crippen LogP contribution in [-0.2, 0) is 0 Å². The molecule has 0 aliphatic heterocycles. The largest absolute Gasteiger partial charge is 0.506 e. The fourth-order valence-electron chi connectivity index (χ4n) is 2.38. The van der Waals surface area contributed by atoms with E-state index in [1.807, 2.05) is 49.9 Å². The normalized spacial score (nSPS) is 9.39. The molecule has 0 amide bonds. The minimum atomic E-state index is -0.249. The second kappa shape index (κ2) is 12.1. The molecule has 0 aliphatic rings. The summed E-state index contributed by atoms with van der Waals surface area (Å²) in [7, 11) is 0. The SMILES string of the molecule is C=CNCCCF.CC.Cc1cnc2c(ccn2-c2ccc(C#N)c(O)c2)c1. The summed E-state index contributed by atoms with van der Waals surface area (Å²) in [5, 5.41) is 22.4. The Bertz CT molecular complexity index is 928. The van der Waals surface area contributed by atoms with Crippen LogP contribution in [0.25, 0.3) is 16.7 Å². The highest BCUT2D eigenvalue weighted by Gasteiger charge is 2.07. The van der Waals surface area contributed by atoms with E-state index < -0.39 is 0 Å². The van der Waals surface area contributed by atoms with E-state index in [0.29, 0.717) is 13.0 Å². The number of aromatic nitrogens is 2. The van der Waals surface area contributed by atoms with Crippen LogP contribution in [0.15, 0.2) is 55.5 Å². The van der Waals surface area contributed by atoms with Crippen molar-refractivity contribution in [3.63, 3.8) is 0 Å². The summed E-state index contributed by atoms with van der Waals surface area (Å²) >= 11 is 0. The van der Waals surface area contributed by atoms with Crippen LogP contribution in [0, 0.1) is 18.3 Å². The second-order valence-corrected chi connectivity index (χ2v) is 5.63. The maximum atomic E-state index is 11.2. The summed E-state index contributed by atoms with van der Waals surface area (Å²) in [5.74, 6) is -0.0195. The smallest absolute Gasteiger partial charge is 0.144 e. The molecule has 148 valence electrons. The average molecular weight is 382 g/mol. The Kier molecular flexibility index (Phi) is 9.84. The lowest BCUT2D eigenvalue weighted by atomic mass is 10.2. The summed E-state index contributed by atoms with van der Waals surface area (Å²) in [5.41, 5.74) is 2.98. The van der Waals surface area contributed by atoms with Crippen molar-refractivity contribution in [3.05, 3.63) is 66.6 Å². The standard InChI is InChI=1S/C15H11N3O.C5H10FN.C2H6/c1-10-6-11-4-5-18(15(11)17-9-10)13-3-2-12(8-16)14(19)7-13;1-2-7-5-3-4-6;1-2/h2-7,9,19H,1H3;2,7H,1,3-5H2;1-2H3. The van der Waals surface area contributed by atoms with Gasteiger partial charge in [0.2, 0.25) is 0 Å². The average Bonchev–Trinajstić information content (AvgIpc) is 3.13. The van der Waals surface area contributed by atoms with Gasteiger partial charge in [-0.15, -0.1) is 0 Å². The first-order chi connectivity index (χ1) is 13.6. The highest BCUT2D eigenvalue weighted by molar-refractivity contribution is 5.78. The molecule has 3 rings (SSSR count). The number of halogens is 1. The Labute approximate surface area is 165 Å². The molecular formula is C22H27FN4O. The fraction of sp³-hybridized carbons (Fsp3) is 0.273. The molecular weight excluding hydrogens is 355 g/mol. The van der Waals surface area contributed by atoms with E-state index in [2.05, 4.69) is 22.9 Å². The summed E-state index contributed by atoms with van der Waals surface area (Å²) in [6.45, 7) is 9.84. The molecule has 2 aromatic heterocycles. The summed E-state index contributed by atoms with van der Waals surface area (Å²) in [6.07, 6.45) is 5.85. The lowest BCUT2D eigenvalue weighted by Crippen LogP contribution is -2.05. The number of aromatic hydroxyl groups is 1. The third kappa shape index (κ3) is 6.13. The number of pyridine rings is 1. The Hall–Kier alpha value is -3.33. The molecule has 2 N–H and O–H groups in total. The van der Waals surface area contributed by atoms with Gasteiger partial charge in [0, 0.05) is 30.4 Å². The van der Waals surface area contributed by atoms with E-state index in [0.717, 1.165) is 22.3 Å². The molecule has 0 spiro atoms. The zero-order valence-electron chi connectivity index (χ0n) is 16.6. The molecule has 6 heteroatoms. The van der Waals surface area contributed by atoms with E-state index in [4.69, 9.17) is 5.26 Å². The van der Waals surface area contributed by atoms with Crippen molar-refractivity contribution in [1.82, 2.24) is 14.9 Å². The summed E-state index contributed by atoms with van der Waals surface area (Å²) in [4.78, 5) is 4.41. The highest BCUT2D eigenvalue weighted by atomic mass is 19.1. The number of hydrogen-bond donors (Lipinski definition) is 2. The molecule has 0 atom stereocenters. The van der Waals surface area contributed by atoms with Gasteiger partial charge in [-0.05, 0) is 49.4 Å². The van der Waals surface area contributed by atoms with Gasteiger partial charge in [-0.25, -0.2) is 4.98 Å². The van der Waals surface area contributed by atoms with Crippen LogP contribution in [-0.4, -0.2) is 27.9 Å². The van der Waals surface area contributed by atoms with Crippen molar-refractivity contribution >= 4 is 11.0 Å². The molecule has 0 fully saturated rings. The van der Waals surface area contributed by atoms with Crippen LogP contribution in [0.4, 0.5) is 4.39 Å². The van der Waals surface area contributed by atoms with Gasteiger partial charge >= 0.3 is 0 Å². The third-order valence-electron chi connectivity index (χ3n) is 3.64. The van der Waals surface area contributed by atoms with Crippen LogP contribution in [0.1, 0.15) is 31.4 Å². The lowest BCUT2D eigenvalue weighted by molar-refractivity contribution is 0.469. The van der Waals surface area contributed by atoms with E-state index in [9.17, 15) is 9.50 Å². The first-order valence-corrected chi connectivity index (χ1v) is 9.18. The molecule has 0 aliphatic carbocycles. The van der Waals surface area contributed by atoms with Crippen LogP contribution < -0.4 is 5.32 Å². The predicted molar refractivity (Wildman–Crippen MR) is 112 cm³/mol. The summed E-state index contributed by atoms with van der Waals surface area (Å²) in [6, 6.07) is 10.9. The topological polar surface area (TPSA) is 73.9 Å². The van der Waals surface area contributed by atoms with Gasteiger partial charge in [0.15, 0.2) is 0 Å². The Morgan fingerprint density at radius 2 is 2.07 bits per heavy atom. The third-order valence-corrected chi connectivity index (χ3v) is 3.64. The number of phenols is 1. The fourth-order valence-corrected chi connectivity index (χ4v) is 2.38. The lowest BCUT2D eigenvalue weighted by Gasteiger charge is -2.06. The summed E-state index contributed by atoms with van der Waals surface area (Å²) < 4.78 is 13.1. The van der Waals surface area contributed by atoms with Crippen molar-refractivity contribution in [2.45, 2.75) is 27.2 Å². The first-order valence-electron chi connectivity index (χ1n) is 9.18. The number of fused-ring (bicyclic) bond motifs is 1. The molecule has 0 saturated heterocycles. The van der Waals surface area contributed by atoms with Crippen molar-refractivity contribution in [2.75, 3.05) is 13.2 Å². The number of nitrogens with zero attached hydrogens (tertiary/aromatic N) is 3. The van der Waals surface area contributed by atoms with Gasteiger partial charge in [-0.2, -0.15) is 5.26 Å². The number of benzene rings is 1. The van der Waals surface area contributed by atoms with Crippen molar-refractivity contribution in [1.29, 1.82) is 5.26 Å². The number of phenolic OH excluding ortho intramolecular Hbond substituents is 1. The maximum absolute atomic E-state index is 11.2. The quantitative estimate of drug-likeness (QED) is 0.608. The van der Waals surface area contributed by atoms with E-state index >= 15 is 0 Å². The molecule has 0 saturated carbocycles. The Balaban J connectivity index is 0.000000372. The molecule has 0 radical (unpaired) electrons. The number of aryl methyl sites for hydroxylation is 1. The molecule has 1 aromatic carbocycles. The van der Waals surface area contributed by atoms with Crippen LogP contribution >= 0.6 is 0 Å². The monoisotopic (exact) mass is 382 g/mol. The van der Waals surface area contributed by atoms with E-state index in [1.54, 1.807) is 24.4 Å². The molecule has 3 aromatic rings. The maximum Gasteiger partial charge on any atom is 0.144 e. The van der Waals surface area contributed by atoms with Crippen molar-refractivity contribution in [3.8, 4) is 17.5 Å². The number of hydrogen-bond acceptors (Lipinski definition) is 4. The van der Waals surface area contributed by atoms with Gasteiger partial charge in [0.25, 0.3) is 0 Å². The minimum absolute atomic E-state index is 0.0195. The molecule has 5 nitrogen and oxygen atoms in total. The minimum Gasteiger partial charge on any atom is -0.506 e. The zero-order chi connectivity index (χ0) is 20.9. The number of nitriles is 1. The van der Waals surface area contributed by atoms with E-state index in [1.165, 1.54) is 0 Å². The molecule has 0 unspecified atom stereocenters. The Morgan fingerprint density at radius 3 is 2.68 bits per heavy atom. The van der Waals surface area contributed by atoms with Gasteiger partial charge in [0.05, 0.1) is 17.9 Å². The first kappa shape index (κ1) is 22.7. The van der Waals surface area contributed by atoms with Gasteiger partial charge in [-0.3, -0.25) is 4.39 Å². The zero-order valence-corrected chi connectivity index (χ0v) is 16.6. The van der Waals surface area contributed by atoms with Crippen LogP contribution in [0.2, 0.25) is 0 Å². The number of alkyl halides is 1. The highest BCUT2D eigenvalue weighted by Crippen LogP contribution is 2.24. The predicted octanol–water partition coefficient (Wildman–Crippen LogP) is 5.02. The van der Waals surface area contributed by atoms with E-state index in [-0.39, 0.29) is 18.0 Å². The molecule has 2 heterocycles. The van der Waals surface area contributed by atoms with Crippen LogP contribution in [0.3, 0.4) is 0 Å². The van der Waals surface area contributed by atoms with Crippen LogP contribution in [0.5, 0.6) is 5.75 Å². The van der Waals surface area contributed by atoms with Crippen molar-refractivity contribution < 1.29 is 9.50 Å². The second-order valence-electron chi connectivity index (χ2n) is 5.63. The molecule has 28 heavy (non-hydrogen) atoms. The van der Waals surface area contributed by atoms with Gasteiger partial charge in [-0.1, -0.05) is 20.4 Å². The Morgan fingerprint density at radius 1 is 1.32 bits per heavy atom.